The molecule has 2 aliphatic heterocycles. The average Bonchev–Trinajstić information content (AvgIpc) is 3.50. The molecule has 4 aromatic rings. The number of rotatable bonds is 4. The van der Waals surface area contributed by atoms with Gasteiger partial charge in [-0.25, -0.2) is 15.0 Å². The molecule has 2 aliphatic rings. The summed E-state index contributed by atoms with van der Waals surface area (Å²) in [5.41, 5.74) is 6.26. The number of hydrogen-bond acceptors (Lipinski definition) is 7. The Labute approximate surface area is 205 Å². The van der Waals surface area contributed by atoms with Crippen molar-refractivity contribution < 1.29 is 4.74 Å². The standard InChI is InChI=1S/C25H29N7O.ClH/c1-16-6-5-7-19-24(16)26-17(2)25(28-19)20-14-22-29-21(31-10-3-4-11-31)15-23(32(22)30-20)27-18-8-12-33-13-9-18;/h5-7,14-15,18,27H,3-4,8-13H2,1-2H3;1H. The van der Waals surface area contributed by atoms with Crippen LogP contribution in [0.4, 0.5) is 11.6 Å². The van der Waals surface area contributed by atoms with E-state index in [0.29, 0.717) is 6.04 Å². The molecule has 34 heavy (non-hydrogen) atoms. The van der Waals surface area contributed by atoms with E-state index in [0.717, 1.165) is 90.1 Å². The lowest BCUT2D eigenvalue weighted by atomic mass is 10.1. The molecule has 0 atom stereocenters. The molecule has 3 aromatic heterocycles. The molecule has 6 rings (SSSR count). The number of hydrogen-bond donors (Lipinski definition) is 1. The first kappa shape index (κ1) is 22.8. The van der Waals surface area contributed by atoms with E-state index in [2.05, 4.69) is 29.3 Å². The van der Waals surface area contributed by atoms with Gasteiger partial charge in [-0.05, 0) is 51.2 Å². The molecule has 8 nitrogen and oxygen atoms in total. The lowest BCUT2D eigenvalue weighted by molar-refractivity contribution is 0.0903. The van der Waals surface area contributed by atoms with Crippen LogP contribution < -0.4 is 10.2 Å². The fourth-order valence-electron chi connectivity index (χ4n) is 4.88. The summed E-state index contributed by atoms with van der Waals surface area (Å²) in [5.74, 6) is 1.99. The number of halogens is 1. The Balaban J connectivity index is 0.00000241. The second-order valence-corrected chi connectivity index (χ2v) is 9.12. The minimum absolute atomic E-state index is 0. The van der Waals surface area contributed by atoms with Crippen LogP contribution in [0, 0.1) is 13.8 Å². The Morgan fingerprint density at radius 1 is 1.00 bits per heavy atom. The molecule has 0 amide bonds. The minimum Gasteiger partial charge on any atom is -0.381 e. The minimum atomic E-state index is 0. The zero-order chi connectivity index (χ0) is 22.4. The summed E-state index contributed by atoms with van der Waals surface area (Å²) < 4.78 is 7.47. The zero-order valence-corrected chi connectivity index (χ0v) is 20.4. The van der Waals surface area contributed by atoms with Crippen molar-refractivity contribution in [3.63, 3.8) is 0 Å². The summed E-state index contributed by atoms with van der Waals surface area (Å²) >= 11 is 0. The number of anilines is 2. The van der Waals surface area contributed by atoms with E-state index in [1.165, 1.54) is 12.8 Å². The summed E-state index contributed by atoms with van der Waals surface area (Å²) in [5, 5.41) is 8.67. The summed E-state index contributed by atoms with van der Waals surface area (Å²) in [6, 6.07) is 10.7. The van der Waals surface area contributed by atoms with E-state index in [1.54, 1.807) is 0 Å². The summed E-state index contributed by atoms with van der Waals surface area (Å²) in [7, 11) is 0. The van der Waals surface area contributed by atoms with E-state index in [4.69, 9.17) is 24.8 Å². The van der Waals surface area contributed by atoms with Gasteiger partial charge in [0.05, 0.1) is 16.7 Å². The molecular weight excluding hydrogens is 450 g/mol. The molecule has 0 bridgehead atoms. The molecule has 1 N–H and O–H groups in total. The first-order chi connectivity index (χ1) is 16.2. The maximum absolute atomic E-state index is 5.55. The van der Waals surface area contributed by atoms with Crippen LogP contribution >= 0.6 is 12.4 Å². The summed E-state index contributed by atoms with van der Waals surface area (Å²) in [6.45, 7) is 7.76. The molecular formula is C25H30ClN7O. The highest BCUT2D eigenvalue weighted by molar-refractivity contribution is 5.85. The predicted molar refractivity (Wildman–Crippen MR) is 137 cm³/mol. The number of aromatic nitrogens is 5. The molecule has 2 saturated heterocycles. The van der Waals surface area contributed by atoms with Gasteiger partial charge in [-0.2, -0.15) is 9.61 Å². The highest BCUT2D eigenvalue weighted by Gasteiger charge is 2.21. The Morgan fingerprint density at radius 2 is 1.79 bits per heavy atom. The normalized spacial score (nSPS) is 16.8. The third-order valence-electron chi connectivity index (χ3n) is 6.73. The van der Waals surface area contributed by atoms with Crippen LogP contribution in [0.3, 0.4) is 0 Å². The maximum atomic E-state index is 5.55. The van der Waals surface area contributed by atoms with Gasteiger partial charge in [0.1, 0.15) is 23.0 Å². The quantitative estimate of drug-likeness (QED) is 0.459. The summed E-state index contributed by atoms with van der Waals surface area (Å²) in [6.07, 6.45) is 4.41. The topological polar surface area (TPSA) is 80.5 Å². The third kappa shape index (κ3) is 4.16. The van der Waals surface area contributed by atoms with Gasteiger partial charge in [0.2, 0.25) is 0 Å². The molecule has 0 saturated carbocycles. The van der Waals surface area contributed by atoms with Crippen molar-refractivity contribution in [3.8, 4) is 11.4 Å². The highest BCUT2D eigenvalue weighted by atomic mass is 35.5. The van der Waals surface area contributed by atoms with E-state index in [9.17, 15) is 0 Å². The number of nitrogens with zero attached hydrogens (tertiary/aromatic N) is 6. The van der Waals surface area contributed by atoms with E-state index >= 15 is 0 Å². The van der Waals surface area contributed by atoms with Crippen LogP contribution in [-0.2, 0) is 4.74 Å². The summed E-state index contributed by atoms with van der Waals surface area (Å²) in [4.78, 5) is 17.1. The monoisotopic (exact) mass is 479 g/mol. The van der Waals surface area contributed by atoms with Crippen LogP contribution in [0.2, 0.25) is 0 Å². The molecule has 0 spiro atoms. The molecule has 9 heteroatoms. The molecule has 178 valence electrons. The number of nitrogens with one attached hydrogen (secondary N) is 1. The first-order valence-electron chi connectivity index (χ1n) is 11.9. The Hall–Kier alpha value is -2.97. The number of fused-ring (bicyclic) bond motifs is 2. The largest absolute Gasteiger partial charge is 0.381 e. The van der Waals surface area contributed by atoms with Gasteiger partial charge in [0.25, 0.3) is 0 Å². The lowest BCUT2D eigenvalue weighted by Crippen LogP contribution is -2.29. The zero-order valence-electron chi connectivity index (χ0n) is 19.6. The van der Waals surface area contributed by atoms with Crippen molar-refractivity contribution in [1.29, 1.82) is 0 Å². The van der Waals surface area contributed by atoms with Gasteiger partial charge in [-0.3, -0.25) is 0 Å². The fraction of sp³-hybridized carbons (Fsp3) is 0.440. The molecule has 5 heterocycles. The van der Waals surface area contributed by atoms with Crippen molar-refractivity contribution in [2.24, 2.45) is 0 Å². The number of para-hydroxylation sites is 1. The van der Waals surface area contributed by atoms with Crippen molar-refractivity contribution in [3.05, 3.63) is 41.6 Å². The average molecular weight is 480 g/mol. The van der Waals surface area contributed by atoms with Crippen molar-refractivity contribution in [2.75, 3.05) is 36.5 Å². The molecule has 1 aromatic carbocycles. The second-order valence-electron chi connectivity index (χ2n) is 9.12. The third-order valence-corrected chi connectivity index (χ3v) is 6.73. The van der Waals surface area contributed by atoms with Crippen molar-refractivity contribution in [2.45, 2.75) is 45.6 Å². The smallest absolute Gasteiger partial charge is 0.160 e. The van der Waals surface area contributed by atoms with Gasteiger partial charge in [0.15, 0.2) is 5.65 Å². The van der Waals surface area contributed by atoms with E-state index < -0.39 is 0 Å². The van der Waals surface area contributed by atoms with Gasteiger partial charge in [0, 0.05) is 44.5 Å². The fourth-order valence-corrected chi connectivity index (χ4v) is 4.88. The van der Waals surface area contributed by atoms with Crippen molar-refractivity contribution in [1.82, 2.24) is 24.6 Å². The highest BCUT2D eigenvalue weighted by Crippen LogP contribution is 2.29. The van der Waals surface area contributed by atoms with Gasteiger partial charge < -0.3 is 15.0 Å². The van der Waals surface area contributed by atoms with Gasteiger partial charge >= 0.3 is 0 Å². The van der Waals surface area contributed by atoms with E-state index in [-0.39, 0.29) is 12.4 Å². The lowest BCUT2D eigenvalue weighted by Gasteiger charge is -2.25. The van der Waals surface area contributed by atoms with Gasteiger partial charge in [-0.15, -0.1) is 12.4 Å². The number of benzene rings is 1. The van der Waals surface area contributed by atoms with Crippen LogP contribution in [0.15, 0.2) is 30.3 Å². The molecule has 0 radical (unpaired) electrons. The molecule has 0 aliphatic carbocycles. The SMILES string of the molecule is Cc1nc2c(C)cccc2nc1-c1cc2nc(N3CCCC3)cc(NC3CCOCC3)n2n1.Cl. The van der Waals surface area contributed by atoms with Crippen molar-refractivity contribution >= 4 is 40.7 Å². The second kappa shape index (κ2) is 9.35. The van der Waals surface area contributed by atoms with Crippen LogP contribution in [-0.4, -0.2) is 56.9 Å². The van der Waals surface area contributed by atoms with Crippen LogP contribution in [0.1, 0.15) is 36.9 Å². The maximum Gasteiger partial charge on any atom is 0.160 e. The number of aryl methyl sites for hydroxylation is 2. The van der Waals surface area contributed by atoms with E-state index in [1.807, 2.05) is 29.6 Å². The van der Waals surface area contributed by atoms with Gasteiger partial charge in [-0.1, -0.05) is 12.1 Å². The predicted octanol–water partition coefficient (Wildman–Crippen LogP) is 4.57. The molecule has 0 unspecified atom stereocenters. The Morgan fingerprint density at radius 3 is 2.59 bits per heavy atom. The first-order valence-corrected chi connectivity index (χ1v) is 11.9. The van der Waals surface area contributed by atoms with Crippen LogP contribution in [0.25, 0.3) is 28.1 Å². The molecule has 2 fully saturated rings. The van der Waals surface area contributed by atoms with Crippen LogP contribution in [0.5, 0.6) is 0 Å². The number of ether oxygens (including phenoxy) is 1. The Kier molecular flexibility index (Phi) is 6.27. The Bertz CT molecular complexity index is 1330.